The van der Waals surface area contributed by atoms with Crippen molar-refractivity contribution in [3.63, 3.8) is 0 Å². The monoisotopic (exact) mass is 260 g/mol. The van der Waals surface area contributed by atoms with E-state index in [-0.39, 0.29) is 19.8 Å². The lowest BCUT2D eigenvalue weighted by atomic mass is 10.5. The lowest BCUT2D eigenvalue weighted by Crippen LogP contribution is -2.13. The van der Waals surface area contributed by atoms with Gasteiger partial charge in [0.05, 0.1) is 25.1 Å². The Hall–Kier alpha value is 0.0600. The Morgan fingerprint density at radius 2 is 1.60 bits per heavy atom. The molecule has 15 heavy (non-hydrogen) atoms. The van der Waals surface area contributed by atoms with Crippen LogP contribution in [0.2, 0.25) is 0 Å². The van der Waals surface area contributed by atoms with Crippen LogP contribution in [0.3, 0.4) is 0 Å². The summed E-state index contributed by atoms with van der Waals surface area (Å²) in [6.45, 7) is 4.90. The summed E-state index contributed by atoms with van der Waals surface area (Å²) in [5.74, 6) is 0. The second kappa shape index (κ2) is 7.35. The minimum absolute atomic E-state index is 0.176. The van der Waals surface area contributed by atoms with Gasteiger partial charge in [-0.1, -0.05) is 0 Å². The Morgan fingerprint density at radius 1 is 1.13 bits per heavy atom. The molecule has 0 spiro atoms. The molecule has 0 bridgehead atoms. The molecule has 0 aromatic rings. The molecule has 0 rings (SSSR count). The molecule has 0 N–H and O–H groups in total. The molecular weight excluding hydrogens is 243 g/mol. The number of thiol groups is 1. The molecule has 0 aromatic carbocycles. The molecule has 0 saturated heterocycles. The molecule has 1 unspecified atom stereocenters. The molecule has 0 aliphatic heterocycles. The van der Waals surface area contributed by atoms with Gasteiger partial charge >= 0.3 is 7.82 Å². The van der Waals surface area contributed by atoms with Crippen molar-refractivity contribution in [2.75, 3.05) is 19.8 Å². The van der Waals surface area contributed by atoms with Crippen LogP contribution in [0.4, 0.5) is 0 Å². The van der Waals surface area contributed by atoms with Crippen LogP contribution in [0.25, 0.3) is 0 Å². The van der Waals surface area contributed by atoms with Crippen LogP contribution >= 0.6 is 7.82 Å². The summed E-state index contributed by atoms with van der Waals surface area (Å²) >= 11 is 0. The summed E-state index contributed by atoms with van der Waals surface area (Å²) < 4.78 is 47.2. The fourth-order valence-electron chi connectivity index (χ4n) is 0.688. The highest BCUT2D eigenvalue weighted by molar-refractivity contribution is 7.73. The Labute approximate surface area is 91.5 Å². The first-order chi connectivity index (χ1) is 6.95. The van der Waals surface area contributed by atoms with E-state index in [0.29, 0.717) is 0 Å². The van der Waals surface area contributed by atoms with Gasteiger partial charge in [0, 0.05) is 0 Å². The van der Waals surface area contributed by atoms with Crippen molar-refractivity contribution in [3.05, 3.63) is 0 Å². The highest BCUT2D eigenvalue weighted by Crippen LogP contribution is 2.49. The predicted molar refractivity (Wildman–Crippen MR) is 56.6 cm³/mol. The number of phosphoric acid groups is 1. The molecule has 0 heterocycles. The first-order valence-corrected chi connectivity index (χ1v) is 7.33. The normalized spacial score (nSPS) is 14.4. The Balaban J connectivity index is 4.23. The van der Waals surface area contributed by atoms with Crippen molar-refractivity contribution < 1.29 is 26.6 Å². The van der Waals surface area contributed by atoms with Gasteiger partial charge in [0.15, 0.2) is 0 Å². The number of hydrogen-bond acceptors (Lipinski definition) is 6. The summed E-state index contributed by atoms with van der Waals surface area (Å²) in [7, 11) is -6.17. The van der Waals surface area contributed by atoms with Crippen LogP contribution in [0.5, 0.6) is 0 Å². The average molecular weight is 260 g/mol. The zero-order valence-electron chi connectivity index (χ0n) is 9.04. The second-order valence-electron chi connectivity index (χ2n) is 2.71. The number of phosphoric ester groups is 1. The molecule has 0 aromatic heterocycles. The van der Waals surface area contributed by atoms with E-state index >= 15 is 0 Å². The topological polar surface area (TPSA) is 78.9 Å². The Morgan fingerprint density at radius 3 is 1.93 bits per heavy atom. The van der Waals surface area contributed by atoms with E-state index in [0.717, 1.165) is 0 Å². The van der Waals surface area contributed by atoms with E-state index in [1.807, 2.05) is 0 Å². The minimum Gasteiger partial charge on any atom is -0.287 e. The lowest BCUT2D eigenvalue weighted by molar-refractivity contribution is 0.122. The van der Waals surface area contributed by atoms with Crippen molar-refractivity contribution >= 4 is 18.5 Å². The average Bonchev–Trinajstić information content (AvgIpc) is 2.15. The third-order valence-electron chi connectivity index (χ3n) is 1.41. The van der Waals surface area contributed by atoms with Gasteiger partial charge in [0.2, 0.25) is 0 Å². The molecule has 0 aliphatic carbocycles. The van der Waals surface area contributed by atoms with E-state index in [1.54, 1.807) is 13.8 Å². The first kappa shape index (κ1) is 15.1. The lowest BCUT2D eigenvalue weighted by Gasteiger charge is -2.16. The van der Waals surface area contributed by atoms with Gasteiger partial charge in [-0.15, -0.1) is 0 Å². The van der Waals surface area contributed by atoms with E-state index in [1.165, 1.54) is 6.92 Å². The summed E-state index contributed by atoms with van der Waals surface area (Å²) in [5.41, 5.74) is 0. The summed E-state index contributed by atoms with van der Waals surface area (Å²) in [4.78, 5) is 0. The highest BCUT2D eigenvalue weighted by Gasteiger charge is 2.26. The Bertz CT molecular complexity index is 271. The first-order valence-electron chi connectivity index (χ1n) is 4.62. The van der Waals surface area contributed by atoms with Gasteiger partial charge in [0.1, 0.15) is 10.7 Å². The molecule has 8 heteroatoms. The molecule has 0 amide bonds. The molecule has 92 valence electrons. The number of hydrogen-bond donors (Lipinski definition) is 1. The van der Waals surface area contributed by atoms with Gasteiger partial charge < -0.3 is 0 Å². The fraction of sp³-hybridized carbons (Fsp3) is 1.00. The SMILES string of the molecule is CCOP(=O)(OCC)OCC(C)[SH](=O)=O. The van der Waals surface area contributed by atoms with E-state index in [2.05, 4.69) is 0 Å². The van der Waals surface area contributed by atoms with Crippen LogP contribution in [-0.4, -0.2) is 33.5 Å². The summed E-state index contributed by atoms with van der Waals surface area (Å²) in [5, 5.41) is -0.714. The summed E-state index contributed by atoms with van der Waals surface area (Å²) in [6, 6.07) is 0. The molecular formula is C7H17O6PS. The van der Waals surface area contributed by atoms with Crippen molar-refractivity contribution in [2.45, 2.75) is 26.0 Å². The van der Waals surface area contributed by atoms with Crippen LogP contribution in [-0.2, 0) is 28.8 Å². The van der Waals surface area contributed by atoms with Gasteiger partial charge in [-0.3, -0.25) is 13.6 Å². The standard InChI is InChI=1S/C7H17O6PS/c1-4-11-14(8,12-5-2)13-6-7(3)15(9)10/h7,15H,4-6H2,1-3H3. The Kier molecular flexibility index (Phi) is 7.38. The van der Waals surface area contributed by atoms with Crippen molar-refractivity contribution in [3.8, 4) is 0 Å². The van der Waals surface area contributed by atoms with Gasteiger partial charge in [0.25, 0.3) is 0 Å². The largest absolute Gasteiger partial charge is 0.474 e. The highest BCUT2D eigenvalue weighted by atomic mass is 32.2. The molecule has 0 radical (unpaired) electrons. The molecule has 0 saturated carbocycles. The summed E-state index contributed by atoms with van der Waals surface area (Å²) in [6.07, 6.45) is 0. The maximum atomic E-state index is 11.7. The van der Waals surface area contributed by atoms with Crippen molar-refractivity contribution in [1.29, 1.82) is 0 Å². The van der Waals surface area contributed by atoms with Crippen molar-refractivity contribution in [1.82, 2.24) is 0 Å². The van der Waals surface area contributed by atoms with Crippen LogP contribution in [0.1, 0.15) is 20.8 Å². The van der Waals surface area contributed by atoms with E-state index in [9.17, 15) is 13.0 Å². The third kappa shape index (κ3) is 6.27. The predicted octanol–water partition coefficient (Wildman–Crippen LogP) is 1.18. The molecule has 6 nitrogen and oxygen atoms in total. The molecule has 0 aliphatic rings. The van der Waals surface area contributed by atoms with Gasteiger partial charge in [-0.05, 0) is 20.8 Å². The van der Waals surface area contributed by atoms with E-state index in [4.69, 9.17) is 13.6 Å². The van der Waals surface area contributed by atoms with Crippen molar-refractivity contribution in [2.24, 2.45) is 0 Å². The smallest absolute Gasteiger partial charge is 0.287 e. The maximum Gasteiger partial charge on any atom is 0.474 e. The maximum absolute atomic E-state index is 11.7. The zero-order chi connectivity index (χ0) is 11.9. The van der Waals surface area contributed by atoms with Crippen LogP contribution in [0, 0.1) is 0 Å². The third-order valence-corrected chi connectivity index (χ3v) is 3.89. The van der Waals surface area contributed by atoms with Gasteiger partial charge in [-0.2, -0.15) is 0 Å². The zero-order valence-corrected chi connectivity index (χ0v) is 10.8. The van der Waals surface area contributed by atoms with Crippen LogP contribution in [0.15, 0.2) is 0 Å². The van der Waals surface area contributed by atoms with E-state index < -0.39 is 23.8 Å². The molecule has 0 fully saturated rings. The quantitative estimate of drug-likeness (QED) is 0.521. The fourth-order valence-corrected chi connectivity index (χ4v) is 2.26. The van der Waals surface area contributed by atoms with Crippen LogP contribution < -0.4 is 0 Å². The number of rotatable bonds is 8. The minimum atomic E-state index is -3.58. The van der Waals surface area contributed by atoms with Gasteiger partial charge in [-0.25, -0.2) is 13.0 Å². The second-order valence-corrected chi connectivity index (χ2v) is 5.83. The molecule has 1 atom stereocenters.